The standard InChI is InChI=1S/C24H24N6O3/c1-14(31)8-17-10-18(6-7-25-17)33-19-11-21-22(26-12-19)28-24(30(21)3)27-20-9-16(15-4-5-15)13-29(2)23(20)32/h6-7,9-13,15H,4-5,8H2,1-3H3,(H,26,27,28). The van der Waals surface area contributed by atoms with Crippen LogP contribution in [-0.4, -0.2) is 29.9 Å². The second kappa shape index (κ2) is 8.16. The number of carbonyl (C=O) groups is 1. The summed E-state index contributed by atoms with van der Waals surface area (Å²) < 4.78 is 9.39. The molecule has 4 aromatic rings. The van der Waals surface area contributed by atoms with Crippen molar-refractivity contribution in [3.05, 3.63) is 64.5 Å². The first-order chi connectivity index (χ1) is 15.9. The van der Waals surface area contributed by atoms with Crippen molar-refractivity contribution in [2.24, 2.45) is 14.1 Å². The van der Waals surface area contributed by atoms with E-state index in [0.29, 0.717) is 40.4 Å². The Hall–Kier alpha value is -4.01. The van der Waals surface area contributed by atoms with E-state index in [1.54, 1.807) is 36.1 Å². The van der Waals surface area contributed by atoms with Gasteiger partial charge in [-0.1, -0.05) is 0 Å². The highest BCUT2D eigenvalue weighted by atomic mass is 16.5. The van der Waals surface area contributed by atoms with E-state index in [2.05, 4.69) is 20.3 Å². The molecule has 4 heterocycles. The molecule has 168 valence electrons. The second-order valence-electron chi connectivity index (χ2n) is 8.47. The SMILES string of the molecule is CC(=O)Cc1cc(Oc2cnc3nc(Nc4cc(C5CC5)cn(C)c4=O)n(C)c3c2)ccn1. The maximum absolute atomic E-state index is 12.6. The monoisotopic (exact) mass is 444 g/mol. The number of pyridine rings is 3. The first kappa shape index (κ1) is 20.9. The maximum Gasteiger partial charge on any atom is 0.274 e. The number of imidazole rings is 1. The zero-order valence-corrected chi connectivity index (χ0v) is 18.7. The minimum atomic E-state index is -0.109. The van der Waals surface area contributed by atoms with Crippen molar-refractivity contribution >= 4 is 28.6 Å². The summed E-state index contributed by atoms with van der Waals surface area (Å²) in [5, 5.41) is 3.19. The van der Waals surface area contributed by atoms with Crippen molar-refractivity contribution in [2.45, 2.75) is 32.1 Å². The van der Waals surface area contributed by atoms with E-state index in [1.165, 1.54) is 6.92 Å². The van der Waals surface area contributed by atoms with Crippen LogP contribution in [0.3, 0.4) is 0 Å². The fourth-order valence-corrected chi connectivity index (χ4v) is 3.81. The van der Waals surface area contributed by atoms with Crippen LogP contribution in [0.15, 0.2) is 47.7 Å². The zero-order chi connectivity index (χ0) is 23.1. The van der Waals surface area contributed by atoms with Crippen LogP contribution in [-0.2, 0) is 25.3 Å². The van der Waals surface area contributed by atoms with Crippen molar-refractivity contribution in [1.82, 2.24) is 24.1 Å². The Morgan fingerprint density at radius 1 is 1.18 bits per heavy atom. The molecule has 1 aliphatic rings. The average Bonchev–Trinajstić information content (AvgIpc) is 3.57. The van der Waals surface area contributed by atoms with E-state index in [1.807, 2.05) is 29.9 Å². The molecule has 0 bridgehead atoms. The lowest BCUT2D eigenvalue weighted by molar-refractivity contribution is -0.116. The molecule has 33 heavy (non-hydrogen) atoms. The van der Waals surface area contributed by atoms with Gasteiger partial charge >= 0.3 is 0 Å². The minimum absolute atomic E-state index is 0.0372. The Bertz CT molecular complexity index is 1430. The van der Waals surface area contributed by atoms with Gasteiger partial charge in [-0.05, 0) is 43.4 Å². The lowest BCUT2D eigenvalue weighted by atomic mass is 10.2. The number of nitrogens with zero attached hydrogens (tertiary/aromatic N) is 5. The molecule has 1 N–H and O–H groups in total. The lowest BCUT2D eigenvalue weighted by Crippen LogP contribution is -2.20. The van der Waals surface area contributed by atoms with E-state index < -0.39 is 0 Å². The molecule has 0 spiro atoms. The van der Waals surface area contributed by atoms with Gasteiger partial charge in [-0.3, -0.25) is 14.6 Å². The number of anilines is 2. The highest BCUT2D eigenvalue weighted by Gasteiger charge is 2.25. The molecule has 0 unspecified atom stereocenters. The predicted molar refractivity (Wildman–Crippen MR) is 124 cm³/mol. The van der Waals surface area contributed by atoms with Crippen LogP contribution in [0.25, 0.3) is 11.2 Å². The summed E-state index contributed by atoms with van der Waals surface area (Å²) in [5.74, 6) is 2.19. The molecule has 1 saturated carbocycles. The van der Waals surface area contributed by atoms with Crippen LogP contribution in [0.5, 0.6) is 11.5 Å². The van der Waals surface area contributed by atoms with Crippen LogP contribution in [0, 0.1) is 0 Å². The molecule has 0 radical (unpaired) electrons. The van der Waals surface area contributed by atoms with Crippen molar-refractivity contribution in [2.75, 3.05) is 5.32 Å². The van der Waals surface area contributed by atoms with E-state index in [9.17, 15) is 9.59 Å². The smallest absolute Gasteiger partial charge is 0.274 e. The van der Waals surface area contributed by atoms with Gasteiger partial charge in [-0.15, -0.1) is 0 Å². The third kappa shape index (κ3) is 4.34. The summed E-state index contributed by atoms with van der Waals surface area (Å²) in [7, 11) is 3.62. The number of nitrogens with one attached hydrogen (secondary N) is 1. The minimum Gasteiger partial charge on any atom is -0.456 e. The van der Waals surface area contributed by atoms with Gasteiger partial charge in [0.1, 0.15) is 23.0 Å². The molecule has 9 nitrogen and oxygen atoms in total. The van der Waals surface area contributed by atoms with Crippen LogP contribution in [0.1, 0.15) is 36.9 Å². The van der Waals surface area contributed by atoms with Crippen molar-refractivity contribution in [3.63, 3.8) is 0 Å². The van der Waals surface area contributed by atoms with E-state index >= 15 is 0 Å². The molecular weight excluding hydrogens is 420 g/mol. The van der Waals surface area contributed by atoms with Gasteiger partial charge in [0.05, 0.1) is 17.4 Å². The Labute approximate surface area is 190 Å². The molecule has 1 fully saturated rings. The number of ether oxygens (including phenoxy) is 1. The molecule has 0 amide bonds. The quantitative estimate of drug-likeness (QED) is 0.464. The fraction of sp³-hybridized carbons (Fsp3) is 0.292. The van der Waals surface area contributed by atoms with Crippen LogP contribution in [0.2, 0.25) is 0 Å². The number of aromatic nitrogens is 5. The average molecular weight is 444 g/mol. The Morgan fingerprint density at radius 2 is 2.00 bits per heavy atom. The summed E-state index contributed by atoms with van der Waals surface area (Å²) in [4.78, 5) is 37.2. The molecule has 9 heteroatoms. The largest absolute Gasteiger partial charge is 0.456 e. The number of Topliss-reactive ketones (excluding diaryl/α,β-unsaturated/α-hetero) is 1. The summed E-state index contributed by atoms with van der Waals surface area (Å²) in [6.07, 6.45) is 7.69. The van der Waals surface area contributed by atoms with Gasteiger partial charge in [0, 0.05) is 45.0 Å². The zero-order valence-electron chi connectivity index (χ0n) is 18.7. The Balaban J connectivity index is 1.43. The fourth-order valence-electron chi connectivity index (χ4n) is 3.81. The highest BCUT2D eigenvalue weighted by Crippen LogP contribution is 2.40. The van der Waals surface area contributed by atoms with Crippen molar-refractivity contribution < 1.29 is 9.53 Å². The normalized spacial score (nSPS) is 13.3. The van der Waals surface area contributed by atoms with Crippen molar-refractivity contribution in [1.29, 1.82) is 0 Å². The first-order valence-electron chi connectivity index (χ1n) is 10.8. The Morgan fingerprint density at radius 3 is 2.76 bits per heavy atom. The third-order valence-corrected chi connectivity index (χ3v) is 5.67. The maximum atomic E-state index is 12.6. The molecule has 0 aliphatic heterocycles. The van der Waals surface area contributed by atoms with Gasteiger partial charge in [0.2, 0.25) is 5.95 Å². The molecule has 4 aromatic heterocycles. The number of fused-ring (bicyclic) bond motifs is 1. The van der Waals surface area contributed by atoms with Gasteiger partial charge in [-0.2, -0.15) is 4.98 Å². The van der Waals surface area contributed by atoms with Crippen molar-refractivity contribution in [3.8, 4) is 11.5 Å². The van der Waals surface area contributed by atoms with E-state index in [0.717, 1.165) is 23.9 Å². The number of rotatable bonds is 7. The molecule has 1 aliphatic carbocycles. The Kier molecular flexibility index (Phi) is 5.16. The number of hydrogen-bond acceptors (Lipinski definition) is 7. The number of hydrogen-bond donors (Lipinski definition) is 1. The van der Waals surface area contributed by atoms with E-state index in [4.69, 9.17) is 4.74 Å². The number of aryl methyl sites for hydroxylation is 2. The van der Waals surface area contributed by atoms with Crippen LogP contribution < -0.4 is 15.6 Å². The molecular formula is C24H24N6O3. The number of ketones is 1. The summed E-state index contributed by atoms with van der Waals surface area (Å²) in [6.45, 7) is 1.53. The highest BCUT2D eigenvalue weighted by molar-refractivity contribution is 5.78. The first-order valence-corrected chi connectivity index (χ1v) is 10.8. The summed E-state index contributed by atoms with van der Waals surface area (Å²) in [5.41, 5.74) is 3.48. The molecule has 0 saturated heterocycles. The number of carbonyl (C=O) groups excluding carboxylic acids is 1. The van der Waals surface area contributed by atoms with Gasteiger partial charge < -0.3 is 19.2 Å². The van der Waals surface area contributed by atoms with Gasteiger partial charge in [0.25, 0.3) is 5.56 Å². The van der Waals surface area contributed by atoms with Crippen LogP contribution in [0.4, 0.5) is 11.6 Å². The molecule has 0 aromatic carbocycles. The van der Waals surface area contributed by atoms with Crippen LogP contribution >= 0.6 is 0 Å². The van der Waals surface area contributed by atoms with E-state index in [-0.39, 0.29) is 17.8 Å². The molecule has 5 rings (SSSR count). The molecule has 0 atom stereocenters. The third-order valence-electron chi connectivity index (χ3n) is 5.67. The predicted octanol–water partition coefficient (Wildman–Crippen LogP) is 3.61. The summed E-state index contributed by atoms with van der Waals surface area (Å²) in [6, 6.07) is 7.23. The van der Waals surface area contributed by atoms with Gasteiger partial charge in [0.15, 0.2) is 5.65 Å². The lowest BCUT2D eigenvalue weighted by Gasteiger charge is -2.10. The van der Waals surface area contributed by atoms with Gasteiger partial charge in [-0.25, -0.2) is 4.98 Å². The summed E-state index contributed by atoms with van der Waals surface area (Å²) >= 11 is 0. The topological polar surface area (TPSA) is 104 Å². The second-order valence-corrected chi connectivity index (χ2v) is 8.47.